The number of hydrogen-bond donors (Lipinski definition) is 1. The lowest BCUT2D eigenvalue weighted by molar-refractivity contribution is 0.101. The summed E-state index contributed by atoms with van der Waals surface area (Å²) in [4.78, 5) is 11.3. The van der Waals surface area contributed by atoms with Crippen molar-refractivity contribution < 1.29 is 13.9 Å². The molecule has 4 nitrogen and oxygen atoms in total. The molecule has 0 saturated carbocycles. The van der Waals surface area contributed by atoms with Gasteiger partial charge < -0.3 is 4.74 Å². The van der Waals surface area contributed by atoms with E-state index in [1.54, 1.807) is 6.07 Å². The molecule has 0 saturated heterocycles. The molecule has 1 aromatic heterocycles. The number of aromatic nitrogens is 2. The number of Topliss-reactive ketones (excluding diaryl/α,β-unsaturated/α-hetero) is 1. The molecule has 17 heavy (non-hydrogen) atoms. The molecule has 0 unspecified atom stereocenters. The Morgan fingerprint density at radius 2 is 2.24 bits per heavy atom. The minimum absolute atomic E-state index is 0.0619. The molecule has 1 heterocycles. The van der Waals surface area contributed by atoms with Crippen LogP contribution in [0.15, 0.2) is 24.3 Å². The number of H-pyrrole nitrogens is 1. The molecule has 1 N–H and O–H groups in total. The van der Waals surface area contributed by atoms with Crippen LogP contribution < -0.4 is 4.74 Å². The van der Waals surface area contributed by atoms with E-state index in [1.165, 1.54) is 25.1 Å². The lowest BCUT2D eigenvalue weighted by Gasteiger charge is -2.07. The molecule has 1 aromatic carbocycles. The van der Waals surface area contributed by atoms with Crippen molar-refractivity contribution in [1.29, 1.82) is 0 Å². The summed E-state index contributed by atoms with van der Waals surface area (Å²) in [6.07, 6.45) is 0. The molecule has 88 valence electrons. The molecular weight excluding hydrogens is 223 g/mol. The number of hydrogen-bond acceptors (Lipinski definition) is 3. The third-order valence-electron chi connectivity index (χ3n) is 2.22. The maximum Gasteiger partial charge on any atom is 0.238 e. The number of carbonyl (C=O) groups excluding carboxylic acids is 1. The molecule has 0 fully saturated rings. The van der Waals surface area contributed by atoms with Crippen molar-refractivity contribution >= 4 is 5.78 Å². The number of halogens is 1. The zero-order valence-electron chi connectivity index (χ0n) is 9.45. The molecule has 0 atom stereocenters. The number of benzene rings is 1. The van der Waals surface area contributed by atoms with Gasteiger partial charge in [0.25, 0.3) is 0 Å². The second-order valence-electron chi connectivity index (χ2n) is 3.66. The van der Waals surface area contributed by atoms with E-state index >= 15 is 0 Å². The fraction of sp³-hybridized carbons (Fsp3) is 0.167. The van der Waals surface area contributed by atoms with Crippen LogP contribution in [0.4, 0.5) is 4.39 Å². The normalized spacial score (nSPS) is 10.3. The maximum absolute atomic E-state index is 13.5. The molecule has 2 rings (SSSR count). The van der Waals surface area contributed by atoms with E-state index in [-0.39, 0.29) is 17.1 Å². The van der Waals surface area contributed by atoms with Crippen molar-refractivity contribution in [3.05, 3.63) is 41.3 Å². The van der Waals surface area contributed by atoms with Gasteiger partial charge in [0.05, 0.1) is 5.56 Å². The number of ketones is 1. The number of nitrogens with zero attached hydrogens (tertiary/aromatic N) is 1. The van der Waals surface area contributed by atoms with Crippen molar-refractivity contribution in [3.8, 4) is 11.6 Å². The Labute approximate surface area is 97.4 Å². The first kappa shape index (κ1) is 11.3. The van der Waals surface area contributed by atoms with Gasteiger partial charge >= 0.3 is 0 Å². The molecule has 0 amide bonds. The van der Waals surface area contributed by atoms with Crippen LogP contribution >= 0.6 is 0 Å². The molecule has 0 spiro atoms. The summed E-state index contributed by atoms with van der Waals surface area (Å²) in [7, 11) is 0. The highest BCUT2D eigenvalue weighted by Gasteiger charge is 2.15. The molecule has 0 aliphatic carbocycles. The zero-order chi connectivity index (χ0) is 12.4. The summed E-state index contributed by atoms with van der Waals surface area (Å²) in [6.45, 7) is 3.11. The largest absolute Gasteiger partial charge is 0.437 e. The lowest BCUT2D eigenvalue weighted by Crippen LogP contribution is -2.00. The minimum Gasteiger partial charge on any atom is -0.437 e. The number of aryl methyl sites for hydroxylation is 1. The fourth-order valence-corrected chi connectivity index (χ4v) is 1.49. The maximum atomic E-state index is 13.5. The van der Waals surface area contributed by atoms with E-state index in [0.717, 1.165) is 5.69 Å². The number of aromatic amines is 1. The van der Waals surface area contributed by atoms with Gasteiger partial charge in [0.2, 0.25) is 5.88 Å². The first-order valence-electron chi connectivity index (χ1n) is 5.07. The first-order valence-corrected chi connectivity index (χ1v) is 5.07. The van der Waals surface area contributed by atoms with Gasteiger partial charge in [-0.2, -0.15) is 0 Å². The number of ether oxygens (including phenoxy) is 1. The van der Waals surface area contributed by atoms with Crippen LogP contribution in [0.1, 0.15) is 23.0 Å². The highest BCUT2D eigenvalue weighted by atomic mass is 19.1. The van der Waals surface area contributed by atoms with E-state index in [4.69, 9.17) is 4.74 Å². The van der Waals surface area contributed by atoms with E-state index in [9.17, 15) is 9.18 Å². The topological polar surface area (TPSA) is 55.0 Å². The van der Waals surface area contributed by atoms with Crippen LogP contribution in [-0.4, -0.2) is 16.0 Å². The highest BCUT2D eigenvalue weighted by Crippen LogP contribution is 2.26. The highest BCUT2D eigenvalue weighted by molar-refractivity contribution is 5.97. The monoisotopic (exact) mass is 234 g/mol. The average Bonchev–Trinajstić information content (AvgIpc) is 2.63. The quantitative estimate of drug-likeness (QED) is 0.831. The Morgan fingerprint density at radius 3 is 2.82 bits per heavy atom. The van der Waals surface area contributed by atoms with Gasteiger partial charge in [0.15, 0.2) is 5.78 Å². The third kappa shape index (κ3) is 2.33. The molecule has 0 radical (unpaired) electrons. The summed E-state index contributed by atoms with van der Waals surface area (Å²) >= 11 is 0. The summed E-state index contributed by atoms with van der Waals surface area (Å²) < 4.78 is 18.8. The third-order valence-corrected chi connectivity index (χ3v) is 2.22. The van der Waals surface area contributed by atoms with E-state index in [2.05, 4.69) is 10.2 Å². The molecular formula is C12H11FN2O2. The van der Waals surface area contributed by atoms with Crippen LogP contribution in [0.3, 0.4) is 0 Å². The molecule has 0 bridgehead atoms. The average molecular weight is 234 g/mol. The Bertz CT molecular complexity index is 563. The second kappa shape index (κ2) is 4.37. The van der Waals surface area contributed by atoms with Gasteiger partial charge in [0.1, 0.15) is 11.6 Å². The number of carbonyl (C=O) groups is 1. The molecule has 2 aromatic rings. The van der Waals surface area contributed by atoms with Crippen molar-refractivity contribution in [3.63, 3.8) is 0 Å². The summed E-state index contributed by atoms with van der Waals surface area (Å²) in [6, 6.07) is 5.90. The zero-order valence-corrected chi connectivity index (χ0v) is 9.45. The van der Waals surface area contributed by atoms with Crippen molar-refractivity contribution in [2.45, 2.75) is 13.8 Å². The SMILES string of the molecule is CC(=O)c1c(F)cccc1Oc1cc(C)[nH]n1. The molecule has 5 heteroatoms. The lowest BCUT2D eigenvalue weighted by atomic mass is 10.1. The van der Waals surface area contributed by atoms with E-state index in [0.29, 0.717) is 5.88 Å². The van der Waals surface area contributed by atoms with Gasteiger partial charge in [-0.05, 0) is 26.0 Å². The van der Waals surface area contributed by atoms with Crippen molar-refractivity contribution in [1.82, 2.24) is 10.2 Å². The molecule has 0 aliphatic rings. The van der Waals surface area contributed by atoms with E-state index < -0.39 is 5.82 Å². The predicted octanol–water partition coefficient (Wildman–Crippen LogP) is 2.85. The smallest absolute Gasteiger partial charge is 0.238 e. The van der Waals surface area contributed by atoms with Crippen molar-refractivity contribution in [2.24, 2.45) is 0 Å². The van der Waals surface area contributed by atoms with Crippen molar-refractivity contribution in [2.75, 3.05) is 0 Å². The molecule has 0 aliphatic heterocycles. The van der Waals surface area contributed by atoms with Crippen LogP contribution in [-0.2, 0) is 0 Å². The fourth-order valence-electron chi connectivity index (χ4n) is 1.49. The summed E-state index contributed by atoms with van der Waals surface area (Å²) in [5, 5.41) is 6.56. The van der Waals surface area contributed by atoms with Gasteiger partial charge in [-0.15, -0.1) is 5.10 Å². The van der Waals surface area contributed by atoms with Crippen LogP contribution in [0, 0.1) is 12.7 Å². The Balaban J connectivity index is 2.39. The van der Waals surface area contributed by atoms with Gasteiger partial charge in [-0.3, -0.25) is 9.89 Å². The second-order valence-corrected chi connectivity index (χ2v) is 3.66. The van der Waals surface area contributed by atoms with Crippen LogP contribution in [0.2, 0.25) is 0 Å². The van der Waals surface area contributed by atoms with Crippen LogP contribution in [0.25, 0.3) is 0 Å². The summed E-state index contributed by atoms with van der Waals surface area (Å²) in [5.74, 6) is -0.507. The predicted molar refractivity (Wildman–Crippen MR) is 59.8 cm³/mol. The van der Waals surface area contributed by atoms with Crippen LogP contribution in [0.5, 0.6) is 11.6 Å². The summed E-state index contributed by atoms with van der Waals surface area (Å²) in [5.41, 5.74) is 0.758. The Morgan fingerprint density at radius 1 is 1.47 bits per heavy atom. The number of rotatable bonds is 3. The Hall–Kier alpha value is -2.17. The van der Waals surface area contributed by atoms with Gasteiger partial charge in [-0.1, -0.05) is 6.07 Å². The minimum atomic E-state index is -0.595. The van der Waals surface area contributed by atoms with Gasteiger partial charge in [-0.25, -0.2) is 4.39 Å². The first-order chi connectivity index (χ1) is 8.08. The Kier molecular flexibility index (Phi) is 2.91. The van der Waals surface area contributed by atoms with Gasteiger partial charge in [0, 0.05) is 11.8 Å². The number of nitrogens with one attached hydrogen (secondary N) is 1. The standard InChI is InChI=1S/C12H11FN2O2/c1-7-6-11(15-14-7)17-10-5-3-4-9(13)12(10)8(2)16/h3-6H,1-2H3,(H,14,15). The van der Waals surface area contributed by atoms with E-state index in [1.807, 2.05) is 6.92 Å².